The van der Waals surface area contributed by atoms with E-state index in [-0.39, 0.29) is 30.2 Å². The Labute approximate surface area is 170 Å². The molecule has 2 heterocycles. The Kier molecular flexibility index (Phi) is 5.12. The molecule has 3 fully saturated rings. The van der Waals surface area contributed by atoms with Crippen molar-refractivity contribution in [1.29, 1.82) is 0 Å². The molecule has 1 aromatic rings. The first-order chi connectivity index (χ1) is 13.8. The lowest BCUT2D eigenvalue weighted by Gasteiger charge is -2.62. The number of hydrogen-bond donors (Lipinski definition) is 1. The Morgan fingerprint density at radius 3 is 2.66 bits per heavy atom. The van der Waals surface area contributed by atoms with Gasteiger partial charge in [-0.15, -0.1) is 0 Å². The van der Waals surface area contributed by atoms with Crippen molar-refractivity contribution in [2.75, 3.05) is 14.2 Å². The number of hydrogen-bond acceptors (Lipinski definition) is 7. The second kappa shape index (κ2) is 7.22. The van der Waals surface area contributed by atoms with Crippen LogP contribution in [0, 0.1) is 28.6 Å². The lowest BCUT2D eigenvalue weighted by Crippen LogP contribution is -2.65. The van der Waals surface area contributed by atoms with Crippen molar-refractivity contribution >= 4 is 11.8 Å². The number of ether oxygens (including phenoxy) is 3. The van der Waals surface area contributed by atoms with Crippen LogP contribution >= 0.6 is 0 Å². The highest BCUT2D eigenvalue weighted by atomic mass is 16.7. The Bertz CT molecular complexity index is 774. The van der Waals surface area contributed by atoms with Crippen LogP contribution in [0.1, 0.15) is 51.2 Å². The van der Waals surface area contributed by atoms with Gasteiger partial charge in [0.1, 0.15) is 6.10 Å². The molecule has 8 atom stereocenters. The van der Waals surface area contributed by atoms with Crippen LogP contribution in [0.4, 0.5) is 0 Å². The van der Waals surface area contributed by atoms with Gasteiger partial charge in [-0.25, -0.2) is 0 Å². The minimum atomic E-state index is -1.16. The Balaban J connectivity index is 1.79. The lowest BCUT2D eigenvalue weighted by molar-refractivity contribution is -0.282. The monoisotopic (exact) mass is 406 g/mol. The summed E-state index contributed by atoms with van der Waals surface area (Å²) in [4.78, 5) is 26.0. The average Bonchev–Trinajstić information content (AvgIpc) is 3.23. The standard InChI is InChI=1S/C22H30O7/c1-21-7-5-13-20(27-4)29-16(12-6-8-28-11-12)10-22(13,2)18(21)17(24)15(23)9-14(21)19(25)26-3/h6,8,11,13-16,18,20,23H,5,7,9-10H2,1-4H3/t13-,14+,15+,16+,18?,20?,21+,22+/m1/s1. The topological polar surface area (TPSA) is 95.2 Å². The first-order valence-electron chi connectivity index (χ1n) is 10.3. The number of carbonyl (C=O) groups is 2. The van der Waals surface area contributed by atoms with Gasteiger partial charge in [0.2, 0.25) is 0 Å². The quantitative estimate of drug-likeness (QED) is 0.771. The average molecular weight is 406 g/mol. The van der Waals surface area contributed by atoms with Gasteiger partial charge in [0.25, 0.3) is 0 Å². The molecule has 7 nitrogen and oxygen atoms in total. The van der Waals surface area contributed by atoms with Crippen LogP contribution in [-0.4, -0.2) is 43.5 Å². The molecular formula is C22H30O7. The Hall–Kier alpha value is -1.70. The van der Waals surface area contributed by atoms with Crippen molar-refractivity contribution < 1.29 is 33.3 Å². The third kappa shape index (κ3) is 2.97. The number of esters is 1. The molecule has 160 valence electrons. The van der Waals surface area contributed by atoms with Crippen LogP contribution in [-0.2, 0) is 23.8 Å². The van der Waals surface area contributed by atoms with Crippen molar-refractivity contribution in [1.82, 2.24) is 0 Å². The van der Waals surface area contributed by atoms with E-state index in [1.54, 1.807) is 19.6 Å². The molecule has 1 saturated heterocycles. The molecule has 2 aliphatic carbocycles. The predicted octanol–water partition coefficient (Wildman–Crippen LogP) is 2.88. The molecule has 1 aromatic heterocycles. The van der Waals surface area contributed by atoms with Crippen LogP contribution in [0.2, 0.25) is 0 Å². The number of aliphatic hydroxyl groups excluding tert-OH is 1. The van der Waals surface area contributed by atoms with E-state index in [4.69, 9.17) is 18.6 Å². The van der Waals surface area contributed by atoms with Gasteiger partial charge in [-0.05, 0) is 42.6 Å². The van der Waals surface area contributed by atoms with Crippen molar-refractivity contribution in [3.63, 3.8) is 0 Å². The number of Topliss-reactive ketones (excluding diaryl/α,β-unsaturated/α-hetero) is 1. The predicted molar refractivity (Wildman–Crippen MR) is 102 cm³/mol. The third-order valence-corrected chi connectivity index (χ3v) is 7.91. The van der Waals surface area contributed by atoms with Crippen molar-refractivity contribution in [2.45, 2.75) is 58.0 Å². The van der Waals surface area contributed by atoms with Gasteiger partial charge in [0, 0.05) is 24.5 Å². The van der Waals surface area contributed by atoms with E-state index in [0.29, 0.717) is 12.8 Å². The van der Waals surface area contributed by atoms with Gasteiger partial charge in [0.05, 0.1) is 31.7 Å². The molecule has 0 bridgehead atoms. The van der Waals surface area contributed by atoms with Crippen LogP contribution < -0.4 is 0 Å². The summed E-state index contributed by atoms with van der Waals surface area (Å²) in [5.41, 5.74) is -0.184. The molecule has 1 aliphatic heterocycles. The number of furan rings is 1. The number of aliphatic hydroxyl groups is 1. The first-order valence-corrected chi connectivity index (χ1v) is 10.3. The third-order valence-electron chi connectivity index (χ3n) is 7.91. The fourth-order valence-electron chi connectivity index (χ4n) is 6.54. The summed E-state index contributed by atoms with van der Waals surface area (Å²) < 4.78 is 22.2. The molecule has 0 amide bonds. The van der Waals surface area contributed by atoms with Crippen LogP contribution in [0.15, 0.2) is 23.0 Å². The van der Waals surface area contributed by atoms with E-state index >= 15 is 0 Å². The largest absolute Gasteiger partial charge is 0.472 e. The highest BCUT2D eigenvalue weighted by Gasteiger charge is 2.66. The molecule has 3 aliphatic rings. The maximum Gasteiger partial charge on any atom is 0.309 e. The van der Waals surface area contributed by atoms with E-state index in [9.17, 15) is 14.7 Å². The highest BCUT2D eigenvalue weighted by molar-refractivity contribution is 5.90. The normalized spacial score (nSPS) is 44.7. The minimum absolute atomic E-state index is 0.0127. The molecule has 0 aromatic carbocycles. The molecule has 7 heteroatoms. The lowest BCUT2D eigenvalue weighted by atomic mass is 9.43. The van der Waals surface area contributed by atoms with Gasteiger partial charge < -0.3 is 23.7 Å². The smallest absolute Gasteiger partial charge is 0.309 e. The van der Waals surface area contributed by atoms with Crippen molar-refractivity contribution in [3.05, 3.63) is 24.2 Å². The van der Waals surface area contributed by atoms with Gasteiger partial charge >= 0.3 is 5.97 Å². The molecule has 1 N–H and O–H groups in total. The molecule has 29 heavy (non-hydrogen) atoms. The summed E-state index contributed by atoms with van der Waals surface area (Å²) in [6.07, 6.45) is 3.49. The summed E-state index contributed by atoms with van der Waals surface area (Å²) in [5.74, 6) is -1.55. The summed E-state index contributed by atoms with van der Waals surface area (Å²) in [6.45, 7) is 4.10. The fraction of sp³-hybridized carbons (Fsp3) is 0.727. The maximum atomic E-state index is 13.4. The number of fused-ring (bicyclic) bond motifs is 3. The highest BCUT2D eigenvalue weighted by Crippen LogP contribution is 2.65. The van der Waals surface area contributed by atoms with Crippen molar-refractivity contribution in [3.8, 4) is 0 Å². The van der Waals surface area contributed by atoms with Crippen molar-refractivity contribution in [2.24, 2.45) is 28.6 Å². The maximum absolute atomic E-state index is 13.4. The fourth-order valence-corrected chi connectivity index (χ4v) is 6.54. The number of methoxy groups -OCH3 is 2. The summed E-state index contributed by atoms with van der Waals surface area (Å²) in [7, 11) is 2.98. The second-order valence-electron chi connectivity index (χ2n) is 9.31. The number of ketones is 1. The summed E-state index contributed by atoms with van der Waals surface area (Å²) in [6, 6.07) is 1.86. The van der Waals surface area contributed by atoms with Gasteiger partial charge in [0.15, 0.2) is 12.1 Å². The Morgan fingerprint density at radius 1 is 1.28 bits per heavy atom. The zero-order chi connectivity index (χ0) is 21.0. The second-order valence-corrected chi connectivity index (χ2v) is 9.31. The summed E-state index contributed by atoms with van der Waals surface area (Å²) in [5, 5.41) is 10.6. The van der Waals surface area contributed by atoms with Crippen LogP contribution in [0.25, 0.3) is 0 Å². The zero-order valence-corrected chi connectivity index (χ0v) is 17.4. The summed E-state index contributed by atoms with van der Waals surface area (Å²) >= 11 is 0. The molecular weight excluding hydrogens is 376 g/mol. The number of rotatable bonds is 3. The molecule has 0 spiro atoms. The SMILES string of the molecule is COC(=O)[C@@H]1C[C@H](O)C(=O)C2[C@@]3(C)C[C@@H](c4ccoc4)OC(OC)[C@H]3CC[C@]21C. The minimum Gasteiger partial charge on any atom is -0.472 e. The van der Waals surface area contributed by atoms with Gasteiger partial charge in [-0.3, -0.25) is 9.59 Å². The van der Waals surface area contributed by atoms with Crippen LogP contribution in [0.3, 0.4) is 0 Å². The van der Waals surface area contributed by atoms with Crippen LogP contribution in [0.5, 0.6) is 0 Å². The van der Waals surface area contributed by atoms with E-state index in [1.165, 1.54) is 7.11 Å². The Morgan fingerprint density at radius 2 is 2.03 bits per heavy atom. The van der Waals surface area contributed by atoms with E-state index in [2.05, 4.69) is 6.92 Å². The van der Waals surface area contributed by atoms with Gasteiger partial charge in [-0.2, -0.15) is 0 Å². The molecule has 2 saturated carbocycles. The van der Waals surface area contributed by atoms with E-state index in [0.717, 1.165) is 12.0 Å². The molecule has 0 radical (unpaired) electrons. The van der Waals surface area contributed by atoms with E-state index in [1.807, 2.05) is 13.0 Å². The zero-order valence-electron chi connectivity index (χ0n) is 17.4. The van der Waals surface area contributed by atoms with Gasteiger partial charge in [-0.1, -0.05) is 13.8 Å². The first kappa shape index (κ1) is 20.6. The molecule has 2 unspecified atom stereocenters. The number of carbonyl (C=O) groups excluding carboxylic acids is 2. The van der Waals surface area contributed by atoms with E-state index < -0.39 is 35.1 Å². The molecule has 4 rings (SSSR count).